The van der Waals surface area contributed by atoms with Crippen LogP contribution in [0, 0.1) is 0 Å². The topological polar surface area (TPSA) is 78.3 Å². The van der Waals surface area contributed by atoms with Crippen LogP contribution in [-0.2, 0) is 11.3 Å². The van der Waals surface area contributed by atoms with E-state index in [1.54, 1.807) is 29.2 Å². The lowest BCUT2D eigenvalue weighted by Gasteiger charge is -2.11. The number of carbonyl (C=O) groups excluding carboxylic acids is 1. The summed E-state index contributed by atoms with van der Waals surface area (Å²) in [7, 11) is 0. The molecule has 2 heterocycles. The van der Waals surface area contributed by atoms with E-state index in [9.17, 15) is 22.4 Å². The van der Waals surface area contributed by atoms with Gasteiger partial charge in [-0.15, -0.1) is 0 Å². The van der Waals surface area contributed by atoms with E-state index < -0.39 is 24.9 Å². The lowest BCUT2D eigenvalue weighted by molar-refractivity contribution is -0.111. The second-order valence-corrected chi connectivity index (χ2v) is 6.00. The molecule has 1 aromatic carbocycles. The fourth-order valence-corrected chi connectivity index (χ4v) is 2.53. The monoisotopic (exact) mass is 436 g/mol. The van der Waals surface area contributed by atoms with Gasteiger partial charge in [-0.05, 0) is 30.3 Å². The summed E-state index contributed by atoms with van der Waals surface area (Å²) >= 11 is 0. The maximum Gasteiger partial charge on any atom is 0.387 e. The number of benzene rings is 1. The third-order valence-electron chi connectivity index (χ3n) is 3.78. The summed E-state index contributed by atoms with van der Waals surface area (Å²) in [5.74, 6) is -1.09. The second-order valence-electron chi connectivity index (χ2n) is 6.00. The lowest BCUT2D eigenvalue weighted by Crippen LogP contribution is -2.10. The summed E-state index contributed by atoms with van der Waals surface area (Å²) < 4.78 is 59.9. The zero-order chi connectivity index (χ0) is 22.2. The van der Waals surface area contributed by atoms with Crippen molar-refractivity contribution >= 4 is 17.8 Å². The number of pyridine rings is 1. The minimum Gasteiger partial charge on any atom is -0.435 e. The van der Waals surface area contributed by atoms with Gasteiger partial charge in [-0.2, -0.15) is 22.7 Å². The first-order valence-corrected chi connectivity index (χ1v) is 8.85. The van der Waals surface area contributed by atoms with Gasteiger partial charge in [0.1, 0.15) is 11.5 Å². The average Bonchev–Trinajstić information content (AvgIpc) is 3.14. The van der Waals surface area contributed by atoms with Gasteiger partial charge in [0.2, 0.25) is 5.91 Å². The normalized spacial score (nSPS) is 11.3. The predicted molar refractivity (Wildman–Crippen MR) is 103 cm³/mol. The molecule has 0 aliphatic carbocycles. The summed E-state index contributed by atoms with van der Waals surface area (Å²) in [4.78, 5) is 16.3. The minimum absolute atomic E-state index is 0.0674. The summed E-state index contributed by atoms with van der Waals surface area (Å²) in [6.45, 7) is -5.90. The van der Waals surface area contributed by atoms with E-state index in [2.05, 4.69) is 24.9 Å². The van der Waals surface area contributed by atoms with Gasteiger partial charge in [-0.25, -0.2) is 0 Å². The van der Waals surface area contributed by atoms with Gasteiger partial charge >= 0.3 is 13.2 Å². The summed E-state index contributed by atoms with van der Waals surface area (Å²) in [5, 5.41) is 6.72. The van der Waals surface area contributed by atoms with Gasteiger partial charge in [-0.3, -0.25) is 14.5 Å². The second kappa shape index (κ2) is 10.2. The Balaban J connectivity index is 1.65. The Morgan fingerprint density at radius 2 is 1.90 bits per heavy atom. The van der Waals surface area contributed by atoms with Crippen LogP contribution in [0.4, 0.5) is 23.4 Å². The number of halogens is 4. The summed E-state index contributed by atoms with van der Waals surface area (Å²) in [5.41, 5.74) is 0.854. The van der Waals surface area contributed by atoms with Crippen molar-refractivity contribution in [3.63, 3.8) is 0 Å². The van der Waals surface area contributed by atoms with Crippen LogP contribution in [0.15, 0.2) is 60.9 Å². The van der Waals surface area contributed by atoms with Crippen molar-refractivity contribution in [3.8, 4) is 11.5 Å². The number of hydrogen-bond donors (Lipinski definition) is 1. The van der Waals surface area contributed by atoms with E-state index in [0.717, 1.165) is 23.9 Å². The van der Waals surface area contributed by atoms with Crippen molar-refractivity contribution < 1.29 is 31.8 Å². The van der Waals surface area contributed by atoms with Crippen molar-refractivity contribution in [1.82, 2.24) is 14.8 Å². The number of amides is 1. The molecule has 0 saturated heterocycles. The van der Waals surface area contributed by atoms with Gasteiger partial charge in [0.15, 0.2) is 5.82 Å². The van der Waals surface area contributed by atoms with Gasteiger partial charge in [0.25, 0.3) is 0 Å². The predicted octanol–water partition coefficient (Wildman–Crippen LogP) is 4.18. The molecule has 0 atom stereocenters. The Kier molecular flexibility index (Phi) is 7.20. The smallest absolute Gasteiger partial charge is 0.387 e. The molecule has 7 nitrogen and oxygen atoms in total. The van der Waals surface area contributed by atoms with Gasteiger partial charge < -0.3 is 14.8 Å². The molecule has 0 aliphatic heterocycles. The molecule has 1 amide bonds. The summed E-state index contributed by atoms with van der Waals surface area (Å²) in [6, 6.07) is 10.3. The van der Waals surface area contributed by atoms with E-state index in [1.165, 1.54) is 12.1 Å². The molecule has 11 heteroatoms. The Bertz CT molecular complexity index is 1040. The van der Waals surface area contributed by atoms with Crippen molar-refractivity contribution in [3.05, 3.63) is 72.2 Å². The van der Waals surface area contributed by atoms with E-state index >= 15 is 0 Å². The highest BCUT2D eigenvalue weighted by molar-refractivity contribution is 6.01. The maximum atomic E-state index is 12.6. The zero-order valence-corrected chi connectivity index (χ0v) is 15.8. The van der Waals surface area contributed by atoms with Crippen molar-refractivity contribution in [1.29, 1.82) is 0 Å². The molecule has 0 saturated carbocycles. The van der Waals surface area contributed by atoms with Gasteiger partial charge in [0, 0.05) is 36.2 Å². The van der Waals surface area contributed by atoms with Crippen LogP contribution < -0.4 is 14.8 Å². The van der Waals surface area contributed by atoms with Crippen molar-refractivity contribution in [2.45, 2.75) is 19.8 Å². The number of aromatic nitrogens is 3. The number of carbonyl (C=O) groups is 1. The van der Waals surface area contributed by atoms with Crippen LogP contribution in [0.25, 0.3) is 6.08 Å². The first kappa shape index (κ1) is 21.8. The highest BCUT2D eigenvalue weighted by Gasteiger charge is 2.12. The van der Waals surface area contributed by atoms with Crippen LogP contribution in [0.2, 0.25) is 0 Å². The van der Waals surface area contributed by atoms with Crippen LogP contribution in [0.1, 0.15) is 11.3 Å². The Hall–Kier alpha value is -3.89. The molecule has 1 N–H and O–H groups in total. The molecule has 0 unspecified atom stereocenters. The Morgan fingerprint density at radius 3 is 2.61 bits per heavy atom. The van der Waals surface area contributed by atoms with E-state index in [0.29, 0.717) is 6.54 Å². The number of anilines is 1. The number of alkyl halides is 4. The SMILES string of the molecule is O=C(/C=C/c1ccc(OC(F)F)cc1OC(F)F)Nc1ccn(Cc2ccccn2)n1. The average molecular weight is 436 g/mol. The molecule has 2 aromatic heterocycles. The molecular formula is C20H16F4N4O3. The molecule has 0 fully saturated rings. The highest BCUT2D eigenvalue weighted by atomic mass is 19.3. The molecule has 162 valence electrons. The largest absolute Gasteiger partial charge is 0.435 e. The van der Waals surface area contributed by atoms with Gasteiger partial charge in [0.05, 0.1) is 12.2 Å². The molecule has 0 radical (unpaired) electrons. The molecule has 31 heavy (non-hydrogen) atoms. The Morgan fingerprint density at radius 1 is 1.10 bits per heavy atom. The lowest BCUT2D eigenvalue weighted by atomic mass is 10.1. The number of nitrogens with zero attached hydrogens (tertiary/aromatic N) is 3. The van der Waals surface area contributed by atoms with Crippen molar-refractivity contribution in [2.75, 3.05) is 5.32 Å². The fraction of sp³-hybridized carbons (Fsp3) is 0.150. The zero-order valence-electron chi connectivity index (χ0n) is 15.8. The fourth-order valence-electron chi connectivity index (χ4n) is 2.53. The Labute approximate surface area is 173 Å². The standard InChI is InChI=1S/C20H16F4N4O3/c21-19(22)30-15-6-4-13(16(11-15)31-20(23)24)5-7-18(29)26-17-8-10-28(27-17)12-14-3-1-2-9-25-14/h1-11,19-20H,12H2,(H,26,27,29)/b7-5+. The van der Waals surface area contributed by atoms with E-state index in [1.807, 2.05) is 12.1 Å². The van der Waals surface area contributed by atoms with Crippen LogP contribution >= 0.6 is 0 Å². The minimum atomic E-state index is -3.19. The van der Waals surface area contributed by atoms with Crippen LogP contribution in [-0.4, -0.2) is 33.9 Å². The third-order valence-corrected chi connectivity index (χ3v) is 3.78. The first-order chi connectivity index (χ1) is 14.9. The highest BCUT2D eigenvalue weighted by Crippen LogP contribution is 2.28. The third kappa shape index (κ3) is 6.84. The molecule has 0 bridgehead atoms. The molecular weight excluding hydrogens is 420 g/mol. The van der Waals surface area contributed by atoms with Crippen LogP contribution in [0.3, 0.4) is 0 Å². The number of nitrogens with one attached hydrogen (secondary N) is 1. The maximum absolute atomic E-state index is 12.6. The number of ether oxygens (including phenoxy) is 2. The van der Waals surface area contributed by atoms with E-state index in [-0.39, 0.29) is 17.1 Å². The number of hydrogen-bond acceptors (Lipinski definition) is 5. The van der Waals surface area contributed by atoms with Crippen molar-refractivity contribution in [2.24, 2.45) is 0 Å². The number of rotatable bonds is 9. The van der Waals surface area contributed by atoms with Crippen LogP contribution in [0.5, 0.6) is 11.5 Å². The first-order valence-electron chi connectivity index (χ1n) is 8.85. The van der Waals surface area contributed by atoms with E-state index in [4.69, 9.17) is 0 Å². The molecule has 0 spiro atoms. The molecule has 3 rings (SSSR count). The summed E-state index contributed by atoms with van der Waals surface area (Å²) in [6.07, 6.45) is 5.58. The quantitative estimate of drug-likeness (QED) is 0.402. The molecule has 0 aliphatic rings. The molecule has 3 aromatic rings. The van der Waals surface area contributed by atoms with Gasteiger partial charge in [-0.1, -0.05) is 6.07 Å².